The van der Waals surface area contributed by atoms with Gasteiger partial charge in [0.25, 0.3) is 0 Å². The van der Waals surface area contributed by atoms with Crippen molar-refractivity contribution < 1.29 is 9.47 Å². The van der Waals surface area contributed by atoms with Gasteiger partial charge in [-0.15, -0.1) is 0 Å². The Kier molecular flexibility index (Phi) is 5.30. The topological polar surface area (TPSA) is 89.4 Å². The van der Waals surface area contributed by atoms with Gasteiger partial charge >= 0.3 is 0 Å². The highest BCUT2D eigenvalue weighted by molar-refractivity contribution is 5.85. The first-order valence-electron chi connectivity index (χ1n) is 10.8. The summed E-state index contributed by atoms with van der Waals surface area (Å²) < 4.78 is 15.0. The molecule has 1 unspecified atom stereocenters. The van der Waals surface area contributed by atoms with Crippen LogP contribution in [0.25, 0.3) is 16.7 Å². The van der Waals surface area contributed by atoms with Gasteiger partial charge in [0.2, 0.25) is 0 Å². The molecule has 0 radical (unpaired) electrons. The van der Waals surface area contributed by atoms with Crippen LogP contribution in [0, 0.1) is 18.3 Å². The van der Waals surface area contributed by atoms with E-state index in [2.05, 4.69) is 16.4 Å². The Morgan fingerprint density at radius 2 is 1.79 bits per heavy atom. The van der Waals surface area contributed by atoms with Crippen LogP contribution in [-0.4, -0.2) is 33.2 Å². The number of methoxy groups -OCH3 is 2. The number of fused-ring (bicyclic) bond motifs is 3. The van der Waals surface area contributed by atoms with E-state index in [9.17, 15) is 5.26 Å². The molecule has 3 aromatic heterocycles. The molecule has 170 valence electrons. The van der Waals surface area contributed by atoms with Gasteiger partial charge < -0.3 is 19.4 Å². The van der Waals surface area contributed by atoms with Gasteiger partial charge in [-0.05, 0) is 48.4 Å². The maximum Gasteiger partial charge on any atom is 0.157 e. The molecule has 5 aromatic rings. The number of imidazole rings is 2. The molecule has 0 fully saturated rings. The molecule has 0 bridgehead atoms. The zero-order valence-corrected chi connectivity index (χ0v) is 19.4. The van der Waals surface area contributed by atoms with Gasteiger partial charge in [-0.2, -0.15) is 5.26 Å². The second-order valence-corrected chi connectivity index (χ2v) is 8.08. The number of rotatable bonds is 6. The van der Waals surface area contributed by atoms with E-state index in [1.807, 2.05) is 77.7 Å². The van der Waals surface area contributed by atoms with E-state index in [-0.39, 0.29) is 6.04 Å². The number of aryl methyl sites for hydroxylation is 2. The van der Waals surface area contributed by atoms with Crippen molar-refractivity contribution in [3.63, 3.8) is 0 Å². The molecule has 1 N–H and O–H groups in total. The highest BCUT2D eigenvalue weighted by Gasteiger charge is 2.23. The molecule has 0 amide bonds. The Morgan fingerprint density at radius 3 is 2.44 bits per heavy atom. The number of nitriles is 1. The van der Waals surface area contributed by atoms with Crippen LogP contribution in [0.1, 0.15) is 28.6 Å². The maximum absolute atomic E-state index is 9.83. The molecule has 8 heteroatoms. The van der Waals surface area contributed by atoms with E-state index in [1.54, 1.807) is 20.4 Å². The summed E-state index contributed by atoms with van der Waals surface area (Å²) in [7, 11) is 5.22. The first kappa shape index (κ1) is 21.3. The van der Waals surface area contributed by atoms with Gasteiger partial charge in [0.15, 0.2) is 5.65 Å². The van der Waals surface area contributed by atoms with Crippen molar-refractivity contribution in [2.24, 2.45) is 7.05 Å². The van der Waals surface area contributed by atoms with Crippen molar-refractivity contribution in [2.45, 2.75) is 13.0 Å². The standard InChI is InChI=1S/C26H24N6O2/c1-16-11-23(32-22-8-6-5-7-21(22)29-25(32)20(16)15-27)30-24(26-28-9-10-31(26)2)17-12-18(33-3)14-19(13-17)34-4/h5-14,24,30H,1-4H3. The average molecular weight is 453 g/mol. The van der Waals surface area contributed by atoms with Crippen LogP contribution in [0.3, 0.4) is 0 Å². The predicted octanol–water partition coefficient (Wildman–Crippen LogP) is 4.62. The van der Waals surface area contributed by atoms with Gasteiger partial charge in [-0.1, -0.05) is 12.1 Å². The Morgan fingerprint density at radius 1 is 1.06 bits per heavy atom. The fourth-order valence-corrected chi connectivity index (χ4v) is 4.30. The Bertz CT molecular complexity index is 1540. The minimum absolute atomic E-state index is 0.333. The minimum atomic E-state index is -0.333. The Hall–Kier alpha value is -4.51. The summed E-state index contributed by atoms with van der Waals surface area (Å²) in [6, 6.07) is 17.6. The molecule has 8 nitrogen and oxygen atoms in total. The summed E-state index contributed by atoms with van der Waals surface area (Å²) >= 11 is 0. The van der Waals surface area contributed by atoms with Crippen LogP contribution in [-0.2, 0) is 7.05 Å². The molecule has 0 spiro atoms. The second-order valence-electron chi connectivity index (χ2n) is 8.08. The SMILES string of the molecule is COc1cc(OC)cc(C(Nc2cc(C)c(C#N)c3nc4ccccc4n23)c2nccn2C)c1. The van der Waals surface area contributed by atoms with Crippen LogP contribution in [0.15, 0.2) is 60.9 Å². The third-order valence-corrected chi connectivity index (χ3v) is 6.00. The van der Waals surface area contributed by atoms with Crippen LogP contribution in [0.5, 0.6) is 11.5 Å². The largest absolute Gasteiger partial charge is 0.497 e. The molecular weight excluding hydrogens is 428 g/mol. The van der Waals surface area contributed by atoms with Crippen LogP contribution in [0.2, 0.25) is 0 Å². The summed E-state index contributed by atoms with van der Waals surface area (Å²) in [5.41, 5.74) is 4.67. The summed E-state index contributed by atoms with van der Waals surface area (Å²) in [5, 5.41) is 13.5. The van der Waals surface area contributed by atoms with Crippen molar-refractivity contribution in [1.29, 1.82) is 5.26 Å². The molecule has 0 aliphatic carbocycles. The number of nitrogens with one attached hydrogen (secondary N) is 1. The number of benzene rings is 2. The number of hydrogen-bond acceptors (Lipinski definition) is 6. The molecule has 34 heavy (non-hydrogen) atoms. The summed E-state index contributed by atoms with van der Waals surface area (Å²) in [6.07, 6.45) is 3.68. The molecule has 3 heterocycles. The number of aromatic nitrogens is 4. The summed E-state index contributed by atoms with van der Waals surface area (Å²) in [6.45, 7) is 1.92. The number of hydrogen-bond donors (Lipinski definition) is 1. The number of pyridine rings is 1. The highest BCUT2D eigenvalue weighted by Crippen LogP contribution is 2.34. The molecule has 5 rings (SSSR count). The van der Waals surface area contributed by atoms with Crippen molar-refractivity contribution in [3.8, 4) is 17.6 Å². The summed E-state index contributed by atoms with van der Waals surface area (Å²) in [4.78, 5) is 9.39. The molecule has 1 atom stereocenters. The number of nitrogens with zero attached hydrogens (tertiary/aromatic N) is 5. The second kappa shape index (κ2) is 8.45. The van der Waals surface area contributed by atoms with E-state index < -0.39 is 0 Å². The Labute approximate surface area is 197 Å². The molecular formula is C26H24N6O2. The fourth-order valence-electron chi connectivity index (χ4n) is 4.30. The quantitative estimate of drug-likeness (QED) is 0.404. The first-order chi connectivity index (χ1) is 16.5. The Balaban J connectivity index is 1.76. The molecule has 0 saturated heterocycles. The maximum atomic E-state index is 9.83. The van der Waals surface area contributed by atoms with Gasteiger partial charge in [-0.3, -0.25) is 4.40 Å². The van der Waals surface area contributed by atoms with E-state index in [0.29, 0.717) is 22.7 Å². The third-order valence-electron chi connectivity index (χ3n) is 6.00. The van der Waals surface area contributed by atoms with Gasteiger partial charge in [0, 0.05) is 25.5 Å². The molecule has 0 aliphatic heterocycles. The number of ether oxygens (including phenoxy) is 2. The van der Waals surface area contributed by atoms with Gasteiger partial charge in [0.05, 0.1) is 30.8 Å². The minimum Gasteiger partial charge on any atom is -0.497 e. The lowest BCUT2D eigenvalue weighted by molar-refractivity contribution is 0.393. The van der Waals surface area contributed by atoms with Gasteiger partial charge in [-0.25, -0.2) is 9.97 Å². The first-order valence-corrected chi connectivity index (χ1v) is 10.8. The van der Waals surface area contributed by atoms with Crippen molar-refractivity contribution in [3.05, 3.63) is 83.4 Å². The molecule has 0 saturated carbocycles. The van der Waals surface area contributed by atoms with E-state index >= 15 is 0 Å². The van der Waals surface area contributed by atoms with Gasteiger partial charge in [0.1, 0.15) is 35.3 Å². The lowest BCUT2D eigenvalue weighted by Gasteiger charge is -2.23. The fraction of sp³-hybridized carbons (Fsp3) is 0.192. The van der Waals surface area contributed by atoms with Crippen molar-refractivity contribution in [2.75, 3.05) is 19.5 Å². The summed E-state index contributed by atoms with van der Waals surface area (Å²) in [5.74, 6) is 2.99. The van der Waals surface area contributed by atoms with Crippen LogP contribution >= 0.6 is 0 Å². The monoisotopic (exact) mass is 452 g/mol. The van der Waals surface area contributed by atoms with E-state index in [0.717, 1.165) is 33.8 Å². The highest BCUT2D eigenvalue weighted by atomic mass is 16.5. The third kappa shape index (κ3) is 3.48. The van der Waals surface area contributed by atoms with Crippen molar-refractivity contribution in [1.82, 2.24) is 18.9 Å². The zero-order chi connectivity index (χ0) is 23.8. The normalized spacial score (nSPS) is 12.0. The van der Waals surface area contributed by atoms with Crippen LogP contribution in [0.4, 0.5) is 5.82 Å². The molecule has 0 aliphatic rings. The van der Waals surface area contributed by atoms with E-state index in [4.69, 9.17) is 14.5 Å². The number of para-hydroxylation sites is 2. The van der Waals surface area contributed by atoms with Crippen molar-refractivity contribution >= 4 is 22.5 Å². The average Bonchev–Trinajstić information content (AvgIpc) is 3.45. The smallest absolute Gasteiger partial charge is 0.157 e. The van der Waals surface area contributed by atoms with E-state index in [1.165, 1.54) is 0 Å². The molecule has 2 aromatic carbocycles. The lowest BCUT2D eigenvalue weighted by Crippen LogP contribution is -2.19. The van der Waals surface area contributed by atoms with Crippen LogP contribution < -0.4 is 14.8 Å². The predicted molar refractivity (Wildman–Crippen MR) is 130 cm³/mol. The number of anilines is 1. The zero-order valence-electron chi connectivity index (χ0n) is 19.4. The lowest BCUT2D eigenvalue weighted by atomic mass is 10.0.